The van der Waals surface area contributed by atoms with E-state index in [2.05, 4.69) is 20.3 Å². The number of nitrogens with zero attached hydrogens (tertiary/aromatic N) is 4. The first-order valence-electron chi connectivity index (χ1n) is 10.6. The number of ketones is 2. The summed E-state index contributed by atoms with van der Waals surface area (Å²) in [6.45, 7) is 3.28. The first-order chi connectivity index (χ1) is 16.2. The summed E-state index contributed by atoms with van der Waals surface area (Å²) in [7, 11) is 4.01. The molecule has 3 aromatic rings. The number of fused-ring (bicyclic) bond motifs is 2. The first-order valence-corrected chi connectivity index (χ1v) is 10.6. The maximum absolute atomic E-state index is 13.8. The Labute approximate surface area is 195 Å². The fraction of sp³-hybridized carbons (Fsp3) is 0.348. The van der Waals surface area contributed by atoms with Crippen LogP contribution in [0.3, 0.4) is 0 Å². The number of carbonyl (C=O) groups excluding carboxylic acids is 3. The van der Waals surface area contributed by atoms with Crippen molar-refractivity contribution in [2.45, 2.75) is 19.9 Å². The van der Waals surface area contributed by atoms with E-state index >= 15 is 0 Å². The minimum atomic E-state index is -0.725. The highest BCUT2D eigenvalue weighted by molar-refractivity contribution is 5.98. The van der Waals surface area contributed by atoms with E-state index in [-0.39, 0.29) is 48.2 Å². The van der Waals surface area contributed by atoms with Crippen LogP contribution >= 0.6 is 0 Å². The summed E-state index contributed by atoms with van der Waals surface area (Å²) in [5.41, 5.74) is 6.50. The van der Waals surface area contributed by atoms with Gasteiger partial charge in [0.15, 0.2) is 23.0 Å². The van der Waals surface area contributed by atoms with Gasteiger partial charge in [0.2, 0.25) is 0 Å². The fourth-order valence-corrected chi connectivity index (χ4v) is 3.28. The Bertz CT molecular complexity index is 1220. The van der Waals surface area contributed by atoms with Gasteiger partial charge in [-0.1, -0.05) is 6.07 Å². The number of halogens is 1. The Balaban J connectivity index is 0.000000481. The molecule has 0 radical (unpaired) electrons. The molecule has 11 heteroatoms. The SMILES string of the molecule is CC(=O)c1cc(C(=O)NCc2ccc3c(c2)CC(=O)CO3)nc2c(F)cnn12.CN(C)CCN. The number of rotatable bonds is 6. The zero-order valence-electron chi connectivity index (χ0n) is 19.3. The Morgan fingerprint density at radius 2 is 2.06 bits per heavy atom. The molecule has 0 spiro atoms. The van der Waals surface area contributed by atoms with Gasteiger partial charge in [0.25, 0.3) is 5.91 Å². The lowest BCUT2D eigenvalue weighted by atomic mass is 10.0. The average molecular weight is 471 g/mol. The lowest BCUT2D eigenvalue weighted by Crippen LogP contribution is -2.25. The van der Waals surface area contributed by atoms with Crippen molar-refractivity contribution in [1.29, 1.82) is 0 Å². The highest BCUT2D eigenvalue weighted by atomic mass is 19.1. The van der Waals surface area contributed by atoms with Gasteiger partial charge in [-0.15, -0.1) is 0 Å². The van der Waals surface area contributed by atoms with E-state index in [1.54, 1.807) is 18.2 Å². The van der Waals surface area contributed by atoms with Gasteiger partial charge in [0, 0.05) is 38.5 Å². The molecule has 1 aliphatic heterocycles. The number of likely N-dealkylation sites (N-methyl/N-ethyl adjacent to an activating group) is 1. The van der Waals surface area contributed by atoms with Crippen molar-refractivity contribution in [3.63, 3.8) is 0 Å². The van der Waals surface area contributed by atoms with E-state index in [1.165, 1.54) is 13.0 Å². The van der Waals surface area contributed by atoms with Crippen molar-refractivity contribution in [1.82, 2.24) is 24.8 Å². The highest BCUT2D eigenvalue weighted by Gasteiger charge is 2.19. The molecule has 2 aromatic heterocycles. The number of ether oxygens (including phenoxy) is 1. The van der Waals surface area contributed by atoms with Gasteiger partial charge in [-0.25, -0.2) is 13.9 Å². The molecule has 3 N–H and O–H groups in total. The predicted octanol–water partition coefficient (Wildman–Crippen LogP) is 1.01. The number of carbonyl (C=O) groups is 3. The van der Waals surface area contributed by atoms with Crippen LogP contribution in [0.4, 0.5) is 4.39 Å². The lowest BCUT2D eigenvalue weighted by Gasteiger charge is -2.17. The van der Waals surface area contributed by atoms with Gasteiger partial charge in [0.05, 0.1) is 6.20 Å². The lowest BCUT2D eigenvalue weighted by molar-refractivity contribution is -0.121. The van der Waals surface area contributed by atoms with Crippen molar-refractivity contribution in [3.05, 3.63) is 58.8 Å². The van der Waals surface area contributed by atoms with Crippen molar-refractivity contribution >= 4 is 23.1 Å². The van der Waals surface area contributed by atoms with Crippen LogP contribution in [0.2, 0.25) is 0 Å². The van der Waals surface area contributed by atoms with Crippen molar-refractivity contribution < 1.29 is 23.5 Å². The van der Waals surface area contributed by atoms with E-state index in [1.807, 2.05) is 14.1 Å². The topological polar surface area (TPSA) is 132 Å². The van der Waals surface area contributed by atoms with Gasteiger partial charge < -0.3 is 20.7 Å². The third-order valence-corrected chi connectivity index (χ3v) is 4.95. The number of hydrogen-bond donors (Lipinski definition) is 2. The maximum Gasteiger partial charge on any atom is 0.270 e. The van der Waals surface area contributed by atoms with Crippen LogP contribution in [0.15, 0.2) is 30.5 Å². The van der Waals surface area contributed by atoms with E-state index in [0.717, 1.165) is 34.9 Å². The number of benzene rings is 1. The highest BCUT2D eigenvalue weighted by Crippen LogP contribution is 2.24. The van der Waals surface area contributed by atoms with Gasteiger partial charge in [-0.05, 0) is 37.9 Å². The summed E-state index contributed by atoms with van der Waals surface area (Å²) in [6, 6.07) is 6.60. The largest absolute Gasteiger partial charge is 0.486 e. The van der Waals surface area contributed by atoms with Gasteiger partial charge in [-0.2, -0.15) is 5.10 Å². The summed E-state index contributed by atoms with van der Waals surface area (Å²) < 4.78 is 20.3. The van der Waals surface area contributed by atoms with Crippen LogP contribution in [-0.2, 0) is 17.8 Å². The molecule has 1 aromatic carbocycles. The zero-order valence-corrected chi connectivity index (χ0v) is 19.3. The van der Waals surface area contributed by atoms with Crippen LogP contribution in [0.5, 0.6) is 5.75 Å². The average Bonchev–Trinajstić information content (AvgIpc) is 3.17. The molecule has 0 saturated carbocycles. The second-order valence-electron chi connectivity index (χ2n) is 8.03. The molecule has 1 amide bonds. The summed E-state index contributed by atoms with van der Waals surface area (Å²) in [4.78, 5) is 41.8. The quantitative estimate of drug-likeness (QED) is 0.510. The number of hydrogen-bond acceptors (Lipinski definition) is 8. The first kappa shape index (κ1) is 24.9. The molecule has 4 rings (SSSR count). The summed E-state index contributed by atoms with van der Waals surface area (Å²) >= 11 is 0. The van der Waals surface area contributed by atoms with E-state index < -0.39 is 11.7 Å². The van der Waals surface area contributed by atoms with Crippen LogP contribution in [0, 0.1) is 5.82 Å². The minimum absolute atomic E-state index is 0.00853. The molecule has 1 aliphatic rings. The molecule has 3 heterocycles. The van der Waals surface area contributed by atoms with Gasteiger partial charge >= 0.3 is 0 Å². The third-order valence-electron chi connectivity index (χ3n) is 4.95. The molecular weight excluding hydrogens is 443 g/mol. The number of aromatic nitrogens is 3. The molecule has 0 atom stereocenters. The number of amides is 1. The molecule has 0 unspecified atom stereocenters. The van der Waals surface area contributed by atoms with Crippen molar-refractivity contribution in [2.75, 3.05) is 33.8 Å². The maximum atomic E-state index is 13.8. The van der Waals surface area contributed by atoms with E-state index in [0.29, 0.717) is 5.75 Å². The molecule has 34 heavy (non-hydrogen) atoms. The summed E-state index contributed by atoms with van der Waals surface area (Å²) in [6.07, 6.45) is 1.23. The standard InChI is InChI=1S/C19H15FN4O4.C4H12N2/c1-10(25)16-6-15(23-18-14(20)8-22-24(16)18)19(27)21-7-11-2-3-17-12(4-11)5-13(26)9-28-17;1-6(2)4-3-5/h2-4,6,8H,5,7,9H2,1H3,(H,21,27);3-5H2,1-2H3. The number of nitrogens with one attached hydrogen (secondary N) is 1. The number of nitrogens with two attached hydrogens (primary N) is 1. The molecule has 0 aliphatic carbocycles. The normalized spacial score (nSPS) is 12.6. The van der Waals surface area contributed by atoms with Crippen LogP contribution < -0.4 is 15.8 Å². The molecular formula is C23H27FN6O4. The molecule has 0 saturated heterocycles. The smallest absolute Gasteiger partial charge is 0.270 e. The van der Waals surface area contributed by atoms with Crippen LogP contribution in [-0.4, -0.2) is 70.8 Å². The Morgan fingerprint density at radius 1 is 1.29 bits per heavy atom. The number of Topliss-reactive ketones (excluding diaryl/α,β-unsaturated/α-hetero) is 2. The zero-order chi connectivity index (χ0) is 24.8. The second kappa shape index (κ2) is 10.9. The molecule has 10 nitrogen and oxygen atoms in total. The monoisotopic (exact) mass is 470 g/mol. The van der Waals surface area contributed by atoms with Gasteiger partial charge in [-0.3, -0.25) is 14.4 Å². The van der Waals surface area contributed by atoms with Crippen LogP contribution in [0.1, 0.15) is 39.0 Å². The van der Waals surface area contributed by atoms with E-state index in [9.17, 15) is 18.8 Å². The van der Waals surface area contributed by atoms with Crippen molar-refractivity contribution in [3.8, 4) is 5.75 Å². The van der Waals surface area contributed by atoms with Crippen LogP contribution in [0.25, 0.3) is 5.65 Å². The predicted molar refractivity (Wildman–Crippen MR) is 122 cm³/mol. The van der Waals surface area contributed by atoms with Crippen molar-refractivity contribution in [2.24, 2.45) is 5.73 Å². The Morgan fingerprint density at radius 3 is 2.71 bits per heavy atom. The second-order valence-corrected chi connectivity index (χ2v) is 8.03. The Hall–Kier alpha value is -3.70. The third kappa shape index (κ3) is 6.00. The molecule has 180 valence electrons. The fourth-order valence-electron chi connectivity index (χ4n) is 3.28. The minimum Gasteiger partial charge on any atom is -0.486 e. The summed E-state index contributed by atoms with van der Waals surface area (Å²) in [5, 5.41) is 6.45. The van der Waals surface area contributed by atoms with Gasteiger partial charge in [0.1, 0.15) is 23.7 Å². The molecule has 0 fully saturated rings. The Kier molecular flexibility index (Phi) is 8.03. The summed E-state index contributed by atoms with van der Waals surface area (Å²) in [5.74, 6) is -1.01. The van der Waals surface area contributed by atoms with E-state index in [4.69, 9.17) is 10.5 Å². The molecule has 0 bridgehead atoms.